The molecular formula is C16H14BrF2NO. The van der Waals surface area contributed by atoms with E-state index in [1.807, 2.05) is 0 Å². The molecule has 0 heterocycles. The summed E-state index contributed by atoms with van der Waals surface area (Å²) in [6.45, 7) is 2.45. The molecule has 1 amide bonds. The van der Waals surface area contributed by atoms with Gasteiger partial charge in [0, 0.05) is 17.6 Å². The normalized spacial score (nSPS) is 10.5. The summed E-state index contributed by atoms with van der Waals surface area (Å²) in [5, 5.41) is 0. The van der Waals surface area contributed by atoms with E-state index in [2.05, 4.69) is 15.9 Å². The van der Waals surface area contributed by atoms with E-state index in [1.165, 1.54) is 29.2 Å². The zero-order valence-corrected chi connectivity index (χ0v) is 13.0. The first kappa shape index (κ1) is 15.6. The van der Waals surface area contributed by atoms with Crippen molar-refractivity contribution in [3.05, 3.63) is 69.7 Å². The van der Waals surface area contributed by atoms with Crippen molar-refractivity contribution >= 4 is 21.8 Å². The molecule has 5 heteroatoms. The van der Waals surface area contributed by atoms with E-state index in [4.69, 9.17) is 0 Å². The van der Waals surface area contributed by atoms with E-state index in [0.717, 1.165) is 0 Å². The van der Waals surface area contributed by atoms with Crippen LogP contribution in [0.4, 0.5) is 8.78 Å². The van der Waals surface area contributed by atoms with E-state index >= 15 is 0 Å². The molecule has 2 aromatic carbocycles. The lowest BCUT2D eigenvalue weighted by Gasteiger charge is -2.21. The van der Waals surface area contributed by atoms with E-state index in [-0.39, 0.29) is 17.9 Å². The molecule has 0 unspecified atom stereocenters. The first-order chi connectivity index (χ1) is 10.0. The van der Waals surface area contributed by atoms with Crippen molar-refractivity contribution < 1.29 is 13.6 Å². The predicted molar refractivity (Wildman–Crippen MR) is 80.9 cm³/mol. The molecule has 0 aliphatic carbocycles. The number of hydrogen-bond donors (Lipinski definition) is 0. The first-order valence-corrected chi connectivity index (χ1v) is 7.29. The monoisotopic (exact) mass is 353 g/mol. The van der Waals surface area contributed by atoms with Crippen LogP contribution in [0.15, 0.2) is 46.9 Å². The van der Waals surface area contributed by atoms with Crippen LogP contribution in [0.3, 0.4) is 0 Å². The maximum Gasteiger partial charge on any atom is 0.257 e. The third-order valence-electron chi connectivity index (χ3n) is 3.09. The molecule has 2 rings (SSSR count). The highest BCUT2D eigenvalue weighted by molar-refractivity contribution is 9.10. The molecule has 110 valence electrons. The van der Waals surface area contributed by atoms with Crippen LogP contribution in [0.5, 0.6) is 0 Å². The maximum atomic E-state index is 13.9. The minimum atomic E-state index is -0.577. The molecule has 0 atom stereocenters. The molecule has 0 spiro atoms. The minimum Gasteiger partial charge on any atom is -0.335 e. The Kier molecular flexibility index (Phi) is 5.07. The van der Waals surface area contributed by atoms with Gasteiger partial charge >= 0.3 is 0 Å². The topological polar surface area (TPSA) is 20.3 Å². The predicted octanol–water partition coefficient (Wildman–Crippen LogP) is 4.39. The molecule has 0 saturated carbocycles. The summed E-state index contributed by atoms with van der Waals surface area (Å²) in [6, 6.07) is 10.3. The van der Waals surface area contributed by atoms with E-state index in [0.29, 0.717) is 16.6 Å². The number of nitrogens with zero attached hydrogens (tertiary/aromatic N) is 1. The lowest BCUT2D eigenvalue weighted by molar-refractivity contribution is 0.0747. The molecule has 0 aromatic heterocycles. The van der Waals surface area contributed by atoms with Crippen molar-refractivity contribution in [3.63, 3.8) is 0 Å². The van der Waals surface area contributed by atoms with Gasteiger partial charge in [-0.2, -0.15) is 0 Å². The zero-order valence-electron chi connectivity index (χ0n) is 11.4. The summed E-state index contributed by atoms with van der Waals surface area (Å²) in [5.41, 5.74) is 0.680. The van der Waals surface area contributed by atoms with Gasteiger partial charge in [0.25, 0.3) is 5.91 Å². The number of amides is 1. The zero-order chi connectivity index (χ0) is 15.4. The first-order valence-electron chi connectivity index (χ1n) is 6.50. The second kappa shape index (κ2) is 6.80. The van der Waals surface area contributed by atoms with Crippen LogP contribution in [0, 0.1) is 11.6 Å². The Morgan fingerprint density at radius 2 is 1.95 bits per heavy atom. The molecule has 2 nitrogen and oxygen atoms in total. The number of carbonyl (C=O) groups excluding carboxylic acids is 1. The van der Waals surface area contributed by atoms with Gasteiger partial charge in [-0.25, -0.2) is 8.78 Å². The summed E-state index contributed by atoms with van der Waals surface area (Å²) in [5.74, 6) is -1.34. The molecule has 0 saturated heterocycles. The third kappa shape index (κ3) is 3.88. The highest BCUT2D eigenvalue weighted by Crippen LogP contribution is 2.18. The fourth-order valence-electron chi connectivity index (χ4n) is 2.02. The Hall–Kier alpha value is -1.75. The minimum absolute atomic E-state index is 0.0106. The molecule has 2 aromatic rings. The smallest absolute Gasteiger partial charge is 0.257 e. The lowest BCUT2D eigenvalue weighted by Crippen LogP contribution is -2.31. The van der Waals surface area contributed by atoms with Crippen molar-refractivity contribution in [3.8, 4) is 0 Å². The highest BCUT2D eigenvalue weighted by Gasteiger charge is 2.18. The summed E-state index contributed by atoms with van der Waals surface area (Å²) >= 11 is 3.15. The number of halogens is 3. The molecule has 0 bridgehead atoms. The van der Waals surface area contributed by atoms with Crippen LogP contribution in [0.2, 0.25) is 0 Å². The maximum absolute atomic E-state index is 13.9. The fraction of sp³-hybridized carbons (Fsp3) is 0.188. The molecular weight excluding hydrogens is 340 g/mol. The second-order valence-corrected chi connectivity index (χ2v) is 5.49. The van der Waals surface area contributed by atoms with Crippen molar-refractivity contribution in [1.82, 2.24) is 4.90 Å². The summed E-state index contributed by atoms with van der Waals surface area (Å²) < 4.78 is 27.6. The molecule has 21 heavy (non-hydrogen) atoms. The Bertz CT molecular complexity index is 660. The molecule has 0 radical (unpaired) electrons. The Morgan fingerprint density at radius 1 is 1.19 bits per heavy atom. The number of carbonyl (C=O) groups is 1. The van der Waals surface area contributed by atoms with Gasteiger partial charge < -0.3 is 4.90 Å². The van der Waals surface area contributed by atoms with Crippen LogP contribution in [-0.4, -0.2) is 17.4 Å². The van der Waals surface area contributed by atoms with E-state index < -0.39 is 11.7 Å². The fourth-order valence-corrected chi connectivity index (χ4v) is 2.35. The van der Waals surface area contributed by atoms with Gasteiger partial charge in [-0.1, -0.05) is 28.1 Å². The molecule has 0 aliphatic rings. The third-order valence-corrected chi connectivity index (χ3v) is 3.59. The van der Waals surface area contributed by atoms with Crippen LogP contribution in [0.25, 0.3) is 0 Å². The van der Waals surface area contributed by atoms with Gasteiger partial charge in [0.1, 0.15) is 11.6 Å². The molecule has 0 fully saturated rings. The van der Waals surface area contributed by atoms with Crippen LogP contribution >= 0.6 is 15.9 Å². The largest absolute Gasteiger partial charge is 0.335 e. The SMILES string of the molecule is CCN(Cc1cccc(F)c1)C(=O)c1ccc(Br)cc1F. The second-order valence-electron chi connectivity index (χ2n) is 4.57. The lowest BCUT2D eigenvalue weighted by atomic mass is 10.1. The standard InChI is InChI=1S/C16H14BrF2NO/c1-2-20(10-11-4-3-5-13(18)8-11)16(21)14-7-6-12(17)9-15(14)19/h3-9H,2,10H2,1H3. The summed E-state index contributed by atoms with van der Waals surface area (Å²) in [4.78, 5) is 13.8. The number of benzene rings is 2. The van der Waals surface area contributed by atoms with Crippen LogP contribution in [-0.2, 0) is 6.54 Å². The Morgan fingerprint density at radius 3 is 2.57 bits per heavy atom. The Labute approximate surface area is 130 Å². The van der Waals surface area contributed by atoms with Gasteiger partial charge in [-0.15, -0.1) is 0 Å². The molecule has 0 aliphatic heterocycles. The number of hydrogen-bond acceptors (Lipinski definition) is 1. The summed E-state index contributed by atoms with van der Waals surface area (Å²) in [6.07, 6.45) is 0. The highest BCUT2D eigenvalue weighted by atomic mass is 79.9. The van der Waals surface area contributed by atoms with Gasteiger partial charge in [-0.05, 0) is 42.8 Å². The van der Waals surface area contributed by atoms with Crippen molar-refractivity contribution in [1.29, 1.82) is 0 Å². The number of rotatable bonds is 4. The van der Waals surface area contributed by atoms with Gasteiger partial charge in [0.2, 0.25) is 0 Å². The quantitative estimate of drug-likeness (QED) is 0.798. The van der Waals surface area contributed by atoms with Crippen molar-refractivity contribution in [2.24, 2.45) is 0 Å². The summed E-state index contributed by atoms with van der Waals surface area (Å²) in [7, 11) is 0. The van der Waals surface area contributed by atoms with E-state index in [9.17, 15) is 13.6 Å². The van der Waals surface area contributed by atoms with E-state index in [1.54, 1.807) is 25.1 Å². The average molecular weight is 354 g/mol. The average Bonchev–Trinajstić information content (AvgIpc) is 2.44. The van der Waals surface area contributed by atoms with Crippen molar-refractivity contribution in [2.45, 2.75) is 13.5 Å². The van der Waals surface area contributed by atoms with Crippen LogP contribution in [0.1, 0.15) is 22.8 Å². The van der Waals surface area contributed by atoms with Gasteiger partial charge in [-0.3, -0.25) is 4.79 Å². The van der Waals surface area contributed by atoms with Gasteiger partial charge in [0.15, 0.2) is 0 Å². The van der Waals surface area contributed by atoms with Crippen LogP contribution < -0.4 is 0 Å². The Balaban J connectivity index is 2.22. The molecule has 0 N–H and O–H groups in total. The van der Waals surface area contributed by atoms with Crippen molar-refractivity contribution in [2.75, 3.05) is 6.54 Å². The van der Waals surface area contributed by atoms with Gasteiger partial charge in [0.05, 0.1) is 5.56 Å².